The van der Waals surface area contributed by atoms with Crippen molar-refractivity contribution < 1.29 is 4.74 Å². The molecule has 0 saturated heterocycles. The van der Waals surface area contributed by atoms with Crippen molar-refractivity contribution in [3.63, 3.8) is 0 Å². The summed E-state index contributed by atoms with van der Waals surface area (Å²) in [4.78, 5) is 0. The quantitative estimate of drug-likeness (QED) is 0.620. The van der Waals surface area contributed by atoms with Gasteiger partial charge in [-0.1, -0.05) is 29.3 Å². The molecule has 1 aromatic rings. The summed E-state index contributed by atoms with van der Waals surface area (Å²) in [7, 11) is 1.68. The molecule has 2 N–H and O–H groups in total. The second-order valence-electron chi connectivity index (χ2n) is 4.13. The maximum atomic E-state index is 6.15. The van der Waals surface area contributed by atoms with Gasteiger partial charge < -0.3 is 15.4 Å². The van der Waals surface area contributed by atoms with Gasteiger partial charge in [0.05, 0.1) is 6.04 Å². The number of rotatable bonds is 6. The Hall–Kier alpha value is -0.550. The molecule has 0 fully saturated rings. The van der Waals surface area contributed by atoms with Crippen LogP contribution in [-0.2, 0) is 4.74 Å². The Morgan fingerprint density at radius 3 is 2.79 bits per heavy atom. The van der Waals surface area contributed by atoms with Gasteiger partial charge in [-0.05, 0) is 43.3 Å². The molecule has 0 radical (unpaired) electrons. The molecule has 0 aliphatic rings. The molecule has 0 aromatic heterocycles. The van der Waals surface area contributed by atoms with Crippen LogP contribution < -0.4 is 10.6 Å². The molecule has 106 valence electrons. The summed E-state index contributed by atoms with van der Waals surface area (Å²) in [5, 5.41) is 8.17. The number of hydrogen-bond donors (Lipinski definition) is 2. The molecule has 0 amide bonds. The van der Waals surface area contributed by atoms with Gasteiger partial charge in [-0.2, -0.15) is 0 Å². The Bertz CT molecular complexity index is 429. The first kappa shape index (κ1) is 16.5. The van der Waals surface area contributed by atoms with Crippen molar-refractivity contribution in [3.05, 3.63) is 33.8 Å². The zero-order chi connectivity index (χ0) is 14.3. The number of halogens is 2. The molecule has 1 aromatic carbocycles. The smallest absolute Gasteiger partial charge is 0.166 e. The first-order valence-electron chi connectivity index (χ1n) is 6.03. The molecule has 1 atom stereocenters. The van der Waals surface area contributed by atoms with E-state index in [0.29, 0.717) is 21.8 Å². The number of thiocarbonyl (C=S) groups is 1. The molecule has 0 aliphatic heterocycles. The first-order chi connectivity index (χ1) is 9.04. The first-order valence-corrected chi connectivity index (χ1v) is 7.19. The topological polar surface area (TPSA) is 33.3 Å². The molecule has 1 rings (SSSR count). The molecule has 0 heterocycles. The molecular weight excluding hydrogens is 303 g/mol. The summed E-state index contributed by atoms with van der Waals surface area (Å²) in [5.41, 5.74) is 0.965. The van der Waals surface area contributed by atoms with Gasteiger partial charge in [0, 0.05) is 30.3 Å². The van der Waals surface area contributed by atoms with Crippen molar-refractivity contribution in [3.8, 4) is 0 Å². The monoisotopic (exact) mass is 320 g/mol. The van der Waals surface area contributed by atoms with Crippen LogP contribution in [0.4, 0.5) is 0 Å². The number of benzene rings is 1. The highest BCUT2D eigenvalue weighted by Gasteiger charge is 2.10. The highest BCUT2D eigenvalue weighted by molar-refractivity contribution is 7.80. The van der Waals surface area contributed by atoms with E-state index in [1.807, 2.05) is 19.1 Å². The van der Waals surface area contributed by atoms with Gasteiger partial charge in [-0.3, -0.25) is 0 Å². The van der Waals surface area contributed by atoms with E-state index in [9.17, 15) is 0 Å². The Labute approximate surface area is 129 Å². The lowest BCUT2D eigenvalue weighted by Crippen LogP contribution is -2.37. The normalized spacial score (nSPS) is 12.0. The zero-order valence-electron chi connectivity index (χ0n) is 11.0. The molecular formula is C13H18Cl2N2OS. The predicted molar refractivity (Wildman–Crippen MR) is 85.1 cm³/mol. The van der Waals surface area contributed by atoms with Crippen LogP contribution in [0.1, 0.15) is 24.9 Å². The largest absolute Gasteiger partial charge is 0.385 e. The summed E-state index contributed by atoms with van der Waals surface area (Å²) in [5.74, 6) is 0. The summed E-state index contributed by atoms with van der Waals surface area (Å²) in [6, 6.07) is 5.46. The van der Waals surface area contributed by atoms with Gasteiger partial charge in [0.25, 0.3) is 0 Å². The number of nitrogens with one attached hydrogen (secondary N) is 2. The van der Waals surface area contributed by atoms with E-state index >= 15 is 0 Å². The molecule has 0 bridgehead atoms. The van der Waals surface area contributed by atoms with Crippen molar-refractivity contribution in [2.24, 2.45) is 0 Å². The number of hydrogen-bond acceptors (Lipinski definition) is 2. The maximum Gasteiger partial charge on any atom is 0.166 e. The standard InChI is InChI=1S/C13H18Cl2N2OS/c1-9(11-5-4-10(14)8-12(11)15)17-13(19)16-6-3-7-18-2/h4-5,8-9H,3,6-7H2,1-2H3,(H2,16,17,19). The molecule has 0 saturated carbocycles. The third-order valence-corrected chi connectivity index (χ3v) is 3.41. The predicted octanol–water partition coefficient (Wildman–Crippen LogP) is 3.56. The van der Waals surface area contributed by atoms with Crippen molar-refractivity contribution in [2.45, 2.75) is 19.4 Å². The van der Waals surface area contributed by atoms with Crippen LogP contribution in [0.15, 0.2) is 18.2 Å². The van der Waals surface area contributed by atoms with Crippen molar-refractivity contribution in [1.29, 1.82) is 0 Å². The van der Waals surface area contributed by atoms with E-state index in [2.05, 4.69) is 10.6 Å². The minimum atomic E-state index is 0.0205. The SMILES string of the molecule is COCCCNC(=S)NC(C)c1ccc(Cl)cc1Cl. The Balaban J connectivity index is 2.45. The van der Waals surface area contributed by atoms with Crippen LogP contribution in [0.25, 0.3) is 0 Å². The van der Waals surface area contributed by atoms with Gasteiger partial charge in [0.2, 0.25) is 0 Å². The van der Waals surface area contributed by atoms with Crippen LogP contribution in [0.5, 0.6) is 0 Å². The molecule has 0 spiro atoms. The lowest BCUT2D eigenvalue weighted by molar-refractivity contribution is 0.195. The number of ether oxygens (including phenoxy) is 1. The lowest BCUT2D eigenvalue weighted by atomic mass is 10.1. The average Bonchev–Trinajstić information content (AvgIpc) is 2.34. The number of methoxy groups -OCH3 is 1. The van der Waals surface area contributed by atoms with Crippen LogP contribution in [0.3, 0.4) is 0 Å². The third kappa shape index (κ3) is 5.95. The van der Waals surface area contributed by atoms with Gasteiger partial charge >= 0.3 is 0 Å². The second kappa shape index (κ2) is 8.59. The summed E-state index contributed by atoms with van der Waals surface area (Å²) < 4.78 is 4.97. The van der Waals surface area contributed by atoms with Crippen molar-refractivity contribution >= 4 is 40.5 Å². The van der Waals surface area contributed by atoms with Gasteiger partial charge in [-0.15, -0.1) is 0 Å². The fraction of sp³-hybridized carbons (Fsp3) is 0.462. The Kier molecular flexibility index (Phi) is 7.46. The van der Waals surface area contributed by atoms with Crippen LogP contribution in [-0.4, -0.2) is 25.4 Å². The fourth-order valence-corrected chi connectivity index (χ4v) is 2.45. The summed E-state index contributed by atoms with van der Waals surface area (Å²) in [6.45, 7) is 3.49. The van der Waals surface area contributed by atoms with E-state index in [4.69, 9.17) is 40.2 Å². The van der Waals surface area contributed by atoms with E-state index in [0.717, 1.165) is 18.5 Å². The summed E-state index contributed by atoms with van der Waals surface area (Å²) in [6.07, 6.45) is 0.911. The third-order valence-electron chi connectivity index (χ3n) is 2.59. The second-order valence-corrected chi connectivity index (χ2v) is 5.39. The molecule has 1 unspecified atom stereocenters. The van der Waals surface area contributed by atoms with Crippen LogP contribution in [0, 0.1) is 0 Å². The minimum absolute atomic E-state index is 0.0205. The van der Waals surface area contributed by atoms with Gasteiger partial charge in [-0.25, -0.2) is 0 Å². The molecule has 0 aliphatic carbocycles. The fourth-order valence-electron chi connectivity index (χ4n) is 1.60. The van der Waals surface area contributed by atoms with Crippen molar-refractivity contribution in [1.82, 2.24) is 10.6 Å². The van der Waals surface area contributed by atoms with Crippen LogP contribution >= 0.6 is 35.4 Å². The average molecular weight is 321 g/mol. The lowest BCUT2D eigenvalue weighted by Gasteiger charge is -2.18. The van der Waals surface area contributed by atoms with Gasteiger partial charge in [0.15, 0.2) is 5.11 Å². The zero-order valence-corrected chi connectivity index (χ0v) is 13.3. The van der Waals surface area contributed by atoms with E-state index < -0.39 is 0 Å². The molecule has 3 nitrogen and oxygen atoms in total. The highest BCUT2D eigenvalue weighted by atomic mass is 35.5. The Morgan fingerprint density at radius 1 is 1.42 bits per heavy atom. The Morgan fingerprint density at radius 2 is 2.16 bits per heavy atom. The van der Waals surface area contributed by atoms with E-state index in [1.165, 1.54) is 0 Å². The highest BCUT2D eigenvalue weighted by Crippen LogP contribution is 2.25. The van der Waals surface area contributed by atoms with E-state index in [1.54, 1.807) is 13.2 Å². The maximum absolute atomic E-state index is 6.15. The minimum Gasteiger partial charge on any atom is -0.385 e. The molecule has 19 heavy (non-hydrogen) atoms. The van der Waals surface area contributed by atoms with Gasteiger partial charge in [0.1, 0.15) is 0 Å². The van der Waals surface area contributed by atoms with Crippen LogP contribution in [0.2, 0.25) is 10.0 Å². The van der Waals surface area contributed by atoms with Crippen molar-refractivity contribution in [2.75, 3.05) is 20.3 Å². The molecule has 6 heteroatoms. The summed E-state index contributed by atoms with van der Waals surface area (Å²) >= 11 is 17.2. The van der Waals surface area contributed by atoms with E-state index in [-0.39, 0.29) is 6.04 Å².